The number of benzene rings is 1. The first-order valence-electron chi connectivity index (χ1n) is 5.61. The van der Waals surface area contributed by atoms with Gasteiger partial charge in [0.05, 0.1) is 12.0 Å². The van der Waals surface area contributed by atoms with E-state index >= 15 is 0 Å². The molecule has 0 saturated heterocycles. The molecule has 1 aromatic rings. The molecule has 0 bridgehead atoms. The maximum Gasteiger partial charge on any atom is 0.0837 e. The molecule has 0 aliphatic rings. The molecule has 1 rings (SSSR count). The van der Waals surface area contributed by atoms with Crippen LogP contribution in [0, 0.1) is 11.3 Å². The van der Waals surface area contributed by atoms with Gasteiger partial charge in [0.25, 0.3) is 0 Å². The fourth-order valence-electron chi connectivity index (χ4n) is 1.65. The smallest absolute Gasteiger partial charge is 0.0837 e. The molecule has 0 heterocycles. The summed E-state index contributed by atoms with van der Waals surface area (Å²) in [6.45, 7) is 2.58. The van der Waals surface area contributed by atoms with Gasteiger partial charge in [0, 0.05) is 35.4 Å². The second kappa shape index (κ2) is 7.21. The summed E-state index contributed by atoms with van der Waals surface area (Å²) < 4.78 is 11.0. The second-order valence-corrected chi connectivity index (χ2v) is 5.62. The van der Waals surface area contributed by atoms with E-state index in [9.17, 15) is 4.21 Å². The summed E-state index contributed by atoms with van der Waals surface area (Å²) in [5.74, 6) is 0.469. The zero-order chi connectivity index (χ0) is 12.7. The van der Waals surface area contributed by atoms with Crippen LogP contribution in [0.2, 0.25) is 0 Å². The Morgan fingerprint density at radius 3 is 2.59 bits per heavy atom. The van der Waals surface area contributed by atoms with Crippen LogP contribution in [0.3, 0.4) is 0 Å². The zero-order valence-electron chi connectivity index (χ0n) is 10.2. The van der Waals surface area contributed by atoms with Gasteiger partial charge in [-0.05, 0) is 12.5 Å². The molecule has 0 fully saturated rings. The van der Waals surface area contributed by atoms with Crippen LogP contribution >= 0.6 is 0 Å². The molecule has 1 N–H and O–H groups in total. The van der Waals surface area contributed by atoms with Crippen LogP contribution in [0.5, 0.6) is 0 Å². The highest BCUT2D eigenvalue weighted by atomic mass is 32.2. The molecule has 0 amide bonds. The molecule has 92 valence electrons. The van der Waals surface area contributed by atoms with E-state index in [1.807, 2.05) is 37.3 Å². The first kappa shape index (κ1) is 13.9. The molecule has 0 spiro atoms. The molecule has 1 aromatic carbocycles. The van der Waals surface area contributed by atoms with Gasteiger partial charge >= 0.3 is 0 Å². The van der Waals surface area contributed by atoms with Crippen molar-refractivity contribution in [3.8, 4) is 6.07 Å². The van der Waals surface area contributed by atoms with Gasteiger partial charge in [0.15, 0.2) is 0 Å². The fourth-order valence-corrected chi connectivity index (χ4v) is 2.48. The predicted octanol–water partition coefficient (Wildman–Crippen LogP) is 1.65. The summed E-state index contributed by atoms with van der Waals surface area (Å²) in [5.41, 5.74) is 1.02. The minimum atomic E-state index is -0.802. The molecule has 0 aromatic heterocycles. The Morgan fingerprint density at radius 1 is 1.41 bits per heavy atom. The van der Waals surface area contributed by atoms with Gasteiger partial charge < -0.3 is 5.32 Å². The van der Waals surface area contributed by atoms with Gasteiger partial charge in [0.2, 0.25) is 0 Å². The molecule has 3 atom stereocenters. The summed E-state index contributed by atoms with van der Waals surface area (Å²) in [5, 5.41) is 12.4. The molecule has 4 heteroatoms. The van der Waals surface area contributed by atoms with Crippen molar-refractivity contribution in [3.63, 3.8) is 0 Å². The number of hydrogen-bond donors (Lipinski definition) is 1. The van der Waals surface area contributed by atoms with E-state index in [1.54, 1.807) is 6.26 Å². The van der Waals surface area contributed by atoms with Crippen LogP contribution in [0.15, 0.2) is 30.3 Å². The van der Waals surface area contributed by atoms with Crippen molar-refractivity contribution in [1.29, 1.82) is 5.26 Å². The predicted molar refractivity (Wildman–Crippen MR) is 71.2 cm³/mol. The first-order valence-corrected chi connectivity index (χ1v) is 7.34. The lowest BCUT2D eigenvalue weighted by Gasteiger charge is -2.15. The third-order valence-electron chi connectivity index (χ3n) is 2.51. The molecule has 0 saturated carbocycles. The highest BCUT2D eigenvalue weighted by Crippen LogP contribution is 2.13. The van der Waals surface area contributed by atoms with Gasteiger partial charge in [-0.1, -0.05) is 30.3 Å². The van der Waals surface area contributed by atoms with Crippen LogP contribution < -0.4 is 5.32 Å². The third-order valence-corrected chi connectivity index (χ3v) is 3.48. The minimum absolute atomic E-state index is 0.149. The lowest BCUT2D eigenvalue weighted by Crippen LogP contribution is -2.34. The Kier molecular flexibility index (Phi) is 5.88. The topological polar surface area (TPSA) is 52.9 Å². The Labute approximate surface area is 105 Å². The van der Waals surface area contributed by atoms with E-state index in [4.69, 9.17) is 5.26 Å². The average Bonchev–Trinajstić information content (AvgIpc) is 2.30. The van der Waals surface area contributed by atoms with E-state index in [0.717, 1.165) is 5.56 Å². The van der Waals surface area contributed by atoms with Crippen molar-refractivity contribution in [2.75, 3.05) is 18.6 Å². The normalized spacial score (nSPS) is 15.8. The summed E-state index contributed by atoms with van der Waals surface area (Å²) in [4.78, 5) is 0. The number of hydrogen-bond acceptors (Lipinski definition) is 3. The zero-order valence-corrected chi connectivity index (χ0v) is 11.0. The average molecular weight is 250 g/mol. The van der Waals surface area contributed by atoms with E-state index in [1.165, 1.54) is 0 Å². The summed E-state index contributed by atoms with van der Waals surface area (Å²) in [7, 11) is -0.802. The van der Waals surface area contributed by atoms with Crippen LogP contribution in [-0.2, 0) is 10.8 Å². The van der Waals surface area contributed by atoms with Crippen LogP contribution in [0.25, 0.3) is 0 Å². The monoisotopic (exact) mass is 250 g/mol. The third kappa shape index (κ3) is 5.12. The van der Waals surface area contributed by atoms with Gasteiger partial charge in [-0.2, -0.15) is 5.26 Å². The van der Waals surface area contributed by atoms with Crippen molar-refractivity contribution < 1.29 is 4.21 Å². The number of nitrogens with one attached hydrogen (secondary N) is 1. The van der Waals surface area contributed by atoms with E-state index in [0.29, 0.717) is 12.3 Å². The SMILES string of the molecule is CC(CS(C)=O)NCC(C#N)c1ccccc1. The van der Waals surface area contributed by atoms with Crippen LogP contribution in [-0.4, -0.2) is 28.8 Å². The maximum absolute atomic E-state index is 11.0. The minimum Gasteiger partial charge on any atom is -0.312 e. The van der Waals surface area contributed by atoms with Gasteiger partial charge in [-0.3, -0.25) is 4.21 Å². The fraction of sp³-hybridized carbons (Fsp3) is 0.462. The highest BCUT2D eigenvalue weighted by Gasteiger charge is 2.11. The molecular weight excluding hydrogens is 232 g/mol. The van der Waals surface area contributed by atoms with Gasteiger partial charge in [-0.25, -0.2) is 0 Å². The molecule has 0 aliphatic carbocycles. The summed E-state index contributed by atoms with van der Waals surface area (Å²) in [6, 6.07) is 12.2. The number of nitriles is 1. The molecule has 17 heavy (non-hydrogen) atoms. The second-order valence-electron chi connectivity index (χ2n) is 4.14. The molecule has 0 aliphatic heterocycles. The lowest BCUT2D eigenvalue weighted by molar-refractivity contribution is 0.570. The van der Waals surface area contributed by atoms with Crippen LogP contribution in [0.4, 0.5) is 0 Å². The highest BCUT2D eigenvalue weighted by molar-refractivity contribution is 7.84. The van der Waals surface area contributed by atoms with E-state index in [2.05, 4.69) is 11.4 Å². The Hall–Kier alpha value is -1.18. The van der Waals surface area contributed by atoms with Crippen molar-refractivity contribution in [3.05, 3.63) is 35.9 Å². The Morgan fingerprint density at radius 2 is 2.06 bits per heavy atom. The first-order chi connectivity index (χ1) is 8.13. The van der Waals surface area contributed by atoms with Crippen molar-refractivity contribution in [2.24, 2.45) is 0 Å². The van der Waals surface area contributed by atoms with Crippen molar-refractivity contribution in [1.82, 2.24) is 5.32 Å². The Balaban J connectivity index is 2.49. The number of rotatable bonds is 6. The quantitative estimate of drug-likeness (QED) is 0.835. The van der Waals surface area contributed by atoms with E-state index in [-0.39, 0.29) is 12.0 Å². The van der Waals surface area contributed by atoms with Crippen LogP contribution in [0.1, 0.15) is 18.4 Å². The summed E-state index contributed by atoms with van der Waals surface area (Å²) >= 11 is 0. The van der Waals surface area contributed by atoms with Crippen molar-refractivity contribution in [2.45, 2.75) is 18.9 Å². The van der Waals surface area contributed by atoms with Crippen molar-refractivity contribution >= 4 is 10.8 Å². The molecule has 3 unspecified atom stereocenters. The van der Waals surface area contributed by atoms with Gasteiger partial charge in [-0.15, -0.1) is 0 Å². The number of nitrogens with zero attached hydrogens (tertiary/aromatic N) is 1. The van der Waals surface area contributed by atoms with E-state index < -0.39 is 10.8 Å². The summed E-state index contributed by atoms with van der Waals surface area (Å²) in [6.07, 6.45) is 1.69. The Bertz CT molecular complexity index is 400. The maximum atomic E-state index is 11.0. The standard InChI is InChI=1S/C13H18N2OS/c1-11(10-17(2)16)15-9-13(8-14)12-6-4-3-5-7-12/h3-7,11,13,15H,9-10H2,1-2H3. The molecular formula is C13H18N2OS. The lowest BCUT2D eigenvalue weighted by atomic mass is 10.0. The molecule has 0 radical (unpaired) electrons. The largest absolute Gasteiger partial charge is 0.312 e. The van der Waals surface area contributed by atoms with Gasteiger partial charge in [0.1, 0.15) is 0 Å². The molecule has 3 nitrogen and oxygen atoms in total.